The number of aromatic nitrogens is 2. The van der Waals surface area contributed by atoms with E-state index in [1.807, 2.05) is 25.3 Å². The predicted molar refractivity (Wildman–Crippen MR) is 58.3 cm³/mol. The Morgan fingerprint density at radius 3 is 2.40 bits per heavy atom. The molecule has 0 aliphatic heterocycles. The average molecular weight is 203 g/mol. The standard InChI is InChI=1S/C6H6N2O.C5H7N/c7-6(9)5-3-1-2-4-8-5;1-5-3-2-4-6-5/h1-4H,(H2,7,9);2-4,6H,1H3. The minimum Gasteiger partial charge on any atom is -0.365 e. The van der Waals surface area contributed by atoms with Crippen molar-refractivity contribution >= 4 is 5.91 Å². The first kappa shape index (κ1) is 11.0. The number of carbonyl (C=O) groups excluding carboxylic acids is 1. The molecule has 1 amide bonds. The van der Waals surface area contributed by atoms with Gasteiger partial charge in [-0.15, -0.1) is 0 Å². The van der Waals surface area contributed by atoms with Gasteiger partial charge in [0.2, 0.25) is 0 Å². The zero-order valence-electron chi connectivity index (χ0n) is 8.47. The molecule has 2 rings (SSSR count). The van der Waals surface area contributed by atoms with Gasteiger partial charge in [0.1, 0.15) is 5.69 Å². The van der Waals surface area contributed by atoms with Crippen LogP contribution < -0.4 is 5.73 Å². The summed E-state index contributed by atoms with van der Waals surface area (Å²) in [7, 11) is 0. The summed E-state index contributed by atoms with van der Waals surface area (Å²) >= 11 is 0. The topological polar surface area (TPSA) is 71.8 Å². The second-order valence-electron chi connectivity index (χ2n) is 2.93. The summed E-state index contributed by atoms with van der Waals surface area (Å²) in [5.41, 5.74) is 6.43. The highest BCUT2D eigenvalue weighted by molar-refractivity contribution is 5.90. The molecule has 0 aromatic carbocycles. The van der Waals surface area contributed by atoms with E-state index in [0.29, 0.717) is 5.69 Å². The number of amides is 1. The van der Waals surface area contributed by atoms with Gasteiger partial charge in [-0.25, -0.2) is 0 Å². The molecule has 2 aromatic rings. The third-order valence-electron chi connectivity index (χ3n) is 1.67. The fourth-order valence-corrected chi connectivity index (χ4v) is 0.929. The second-order valence-corrected chi connectivity index (χ2v) is 2.93. The maximum absolute atomic E-state index is 10.4. The Labute approximate surface area is 88.2 Å². The number of hydrogen-bond acceptors (Lipinski definition) is 2. The van der Waals surface area contributed by atoms with Gasteiger partial charge in [0, 0.05) is 18.1 Å². The monoisotopic (exact) mass is 203 g/mol. The van der Waals surface area contributed by atoms with Crippen molar-refractivity contribution < 1.29 is 4.79 Å². The highest BCUT2D eigenvalue weighted by Gasteiger charge is 1.95. The van der Waals surface area contributed by atoms with Gasteiger partial charge in [0.15, 0.2) is 0 Å². The van der Waals surface area contributed by atoms with Crippen molar-refractivity contribution in [1.82, 2.24) is 9.97 Å². The first-order valence-corrected chi connectivity index (χ1v) is 4.51. The minimum absolute atomic E-state index is 0.303. The summed E-state index contributed by atoms with van der Waals surface area (Å²) < 4.78 is 0. The molecule has 0 atom stereocenters. The number of hydrogen-bond donors (Lipinski definition) is 2. The number of aromatic amines is 1. The van der Waals surface area contributed by atoms with E-state index in [1.54, 1.807) is 18.2 Å². The molecule has 0 aliphatic carbocycles. The number of aryl methyl sites for hydroxylation is 1. The Bertz CT molecular complexity index is 395. The zero-order valence-corrected chi connectivity index (χ0v) is 8.47. The lowest BCUT2D eigenvalue weighted by atomic mass is 10.3. The predicted octanol–water partition coefficient (Wildman–Crippen LogP) is 1.50. The third kappa shape index (κ3) is 4.08. The first-order valence-electron chi connectivity index (χ1n) is 4.51. The Balaban J connectivity index is 0.000000162. The molecule has 2 aromatic heterocycles. The normalized spacial score (nSPS) is 8.87. The molecule has 0 spiro atoms. The van der Waals surface area contributed by atoms with Crippen LogP contribution in [0.1, 0.15) is 16.2 Å². The van der Waals surface area contributed by atoms with Crippen molar-refractivity contribution in [3.63, 3.8) is 0 Å². The SMILES string of the molecule is Cc1ccc[nH]1.NC(=O)c1ccccn1. The van der Waals surface area contributed by atoms with Crippen LogP contribution in [-0.2, 0) is 0 Å². The van der Waals surface area contributed by atoms with Crippen molar-refractivity contribution in [2.75, 3.05) is 0 Å². The number of primary amides is 1. The second kappa shape index (κ2) is 5.59. The lowest BCUT2D eigenvalue weighted by Crippen LogP contribution is -2.12. The number of nitrogens with one attached hydrogen (secondary N) is 1. The number of nitrogens with two attached hydrogens (primary N) is 1. The lowest BCUT2D eigenvalue weighted by Gasteiger charge is -1.88. The molecule has 0 saturated heterocycles. The fourth-order valence-electron chi connectivity index (χ4n) is 0.929. The summed E-state index contributed by atoms with van der Waals surface area (Å²) in [4.78, 5) is 17.1. The van der Waals surface area contributed by atoms with Gasteiger partial charge in [0.05, 0.1) is 0 Å². The van der Waals surface area contributed by atoms with E-state index in [4.69, 9.17) is 5.73 Å². The molecule has 0 bridgehead atoms. The molecule has 15 heavy (non-hydrogen) atoms. The van der Waals surface area contributed by atoms with Crippen molar-refractivity contribution in [2.24, 2.45) is 5.73 Å². The molecule has 4 heteroatoms. The fraction of sp³-hybridized carbons (Fsp3) is 0.0909. The molecule has 78 valence electrons. The van der Waals surface area contributed by atoms with Crippen molar-refractivity contribution in [2.45, 2.75) is 6.92 Å². The van der Waals surface area contributed by atoms with E-state index in [1.165, 1.54) is 11.9 Å². The van der Waals surface area contributed by atoms with Crippen LogP contribution in [0.15, 0.2) is 42.7 Å². The van der Waals surface area contributed by atoms with E-state index in [2.05, 4.69) is 9.97 Å². The van der Waals surface area contributed by atoms with Crippen LogP contribution in [0.3, 0.4) is 0 Å². The average Bonchev–Trinajstić information content (AvgIpc) is 2.71. The molecule has 4 nitrogen and oxygen atoms in total. The van der Waals surface area contributed by atoms with Gasteiger partial charge in [-0.1, -0.05) is 6.07 Å². The van der Waals surface area contributed by atoms with Crippen LogP contribution in [0.25, 0.3) is 0 Å². The van der Waals surface area contributed by atoms with Crippen LogP contribution in [0.2, 0.25) is 0 Å². The van der Waals surface area contributed by atoms with Crippen molar-refractivity contribution in [1.29, 1.82) is 0 Å². The summed E-state index contributed by atoms with van der Waals surface area (Å²) in [5.74, 6) is -0.490. The molecule has 0 unspecified atom stereocenters. The maximum atomic E-state index is 10.4. The smallest absolute Gasteiger partial charge is 0.267 e. The third-order valence-corrected chi connectivity index (χ3v) is 1.67. The molecule has 0 radical (unpaired) electrons. The summed E-state index contributed by atoms with van der Waals surface area (Å²) in [6.45, 7) is 2.03. The summed E-state index contributed by atoms with van der Waals surface area (Å²) in [6, 6.07) is 9.02. The number of carbonyl (C=O) groups is 1. The quantitative estimate of drug-likeness (QED) is 0.737. The number of H-pyrrole nitrogens is 1. The molecule has 0 fully saturated rings. The zero-order chi connectivity index (χ0) is 11.1. The molecule has 0 saturated carbocycles. The molecular formula is C11H13N3O. The van der Waals surface area contributed by atoms with Crippen LogP contribution in [0, 0.1) is 6.92 Å². The van der Waals surface area contributed by atoms with E-state index in [0.717, 1.165) is 0 Å². The lowest BCUT2D eigenvalue weighted by molar-refractivity contribution is 0.0995. The minimum atomic E-state index is -0.490. The van der Waals surface area contributed by atoms with Gasteiger partial charge in [-0.05, 0) is 31.2 Å². The van der Waals surface area contributed by atoms with E-state index < -0.39 is 5.91 Å². The van der Waals surface area contributed by atoms with Gasteiger partial charge >= 0.3 is 0 Å². The van der Waals surface area contributed by atoms with Crippen LogP contribution in [-0.4, -0.2) is 15.9 Å². The Hall–Kier alpha value is -2.10. The number of pyridine rings is 1. The molecule has 2 heterocycles. The summed E-state index contributed by atoms with van der Waals surface area (Å²) in [6.07, 6.45) is 3.44. The van der Waals surface area contributed by atoms with Gasteiger partial charge in [-0.3, -0.25) is 9.78 Å². The Morgan fingerprint density at radius 2 is 2.13 bits per heavy atom. The van der Waals surface area contributed by atoms with Crippen LogP contribution >= 0.6 is 0 Å². The number of rotatable bonds is 1. The van der Waals surface area contributed by atoms with E-state index in [-0.39, 0.29) is 0 Å². The first-order chi connectivity index (χ1) is 7.20. The summed E-state index contributed by atoms with van der Waals surface area (Å²) in [5, 5.41) is 0. The molecule has 0 aliphatic rings. The van der Waals surface area contributed by atoms with Crippen molar-refractivity contribution in [3.05, 3.63) is 54.1 Å². The largest absolute Gasteiger partial charge is 0.365 e. The van der Waals surface area contributed by atoms with Gasteiger partial charge in [-0.2, -0.15) is 0 Å². The van der Waals surface area contributed by atoms with Crippen molar-refractivity contribution in [3.8, 4) is 0 Å². The van der Waals surface area contributed by atoms with E-state index in [9.17, 15) is 4.79 Å². The number of nitrogens with zero attached hydrogens (tertiary/aromatic N) is 1. The molecule has 3 N–H and O–H groups in total. The molecular weight excluding hydrogens is 190 g/mol. The van der Waals surface area contributed by atoms with Gasteiger partial charge in [0.25, 0.3) is 5.91 Å². The van der Waals surface area contributed by atoms with Gasteiger partial charge < -0.3 is 10.7 Å². The van der Waals surface area contributed by atoms with Crippen LogP contribution in [0.4, 0.5) is 0 Å². The van der Waals surface area contributed by atoms with E-state index >= 15 is 0 Å². The Kier molecular flexibility index (Phi) is 4.09. The highest BCUT2D eigenvalue weighted by atomic mass is 16.1. The highest BCUT2D eigenvalue weighted by Crippen LogP contribution is 1.89. The Morgan fingerprint density at radius 1 is 1.33 bits per heavy atom. The maximum Gasteiger partial charge on any atom is 0.267 e. The van der Waals surface area contributed by atoms with Crippen LogP contribution in [0.5, 0.6) is 0 Å².